The molecule has 1 aliphatic carbocycles. The number of carbonyl (C=O) groups excluding carboxylic acids is 1. The molecule has 1 aromatic rings. The van der Waals surface area contributed by atoms with Gasteiger partial charge >= 0.3 is 0 Å². The average molecular weight is 234 g/mol. The van der Waals surface area contributed by atoms with E-state index in [2.05, 4.69) is 17.2 Å². The van der Waals surface area contributed by atoms with Crippen molar-refractivity contribution in [2.75, 3.05) is 0 Å². The van der Waals surface area contributed by atoms with Gasteiger partial charge in [0.15, 0.2) is 0 Å². The second-order valence-electron chi connectivity index (χ2n) is 4.77. The van der Waals surface area contributed by atoms with E-state index in [-0.39, 0.29) is 0 Å². The molecule has 1 fully saturated rings. The van der Waals surface area contributed by atoms with Gasteiger partial charge in [-0.15, -0.1) is 0 Å². The minimum atomic E-state index is 0.466. The molecule has 0 radical (unpaired) electrons. The summed E-state index contributed by atoms with van der Waals surface area (Å²) in [6.45, 7) is 4.30. The van der Waals surface area contributed by atoms with Gasteiger partial charge in [-0.25, -0.2) is 0 Å². The zero-order valence-corrected chi connectivity index (χ0v) is 10.7. The fourth-order valence-corrected chi connectivity index (χ4v) is 1.97. The van der Waals surface area contributed by atoms with E-state index in [1.807, 2.05) is 25.3 Å². The van der Waals surface area contributed by atoms with Crippen molar-refractivity contribution in [1.29, 1.82) is 0 Å². The van der Waals surface area contributed by atoms with Crippen LogP contribution < -0.4 is 5.32 Å². The summed E-state index contributed by atoms with van der Waals surface area (Å²) >= 11 is 0. The van der Waals surface area contributed by atoms with Crippen LogP contribution in [0.2, 0.25) is 0 Å². The molecule has 0 aliphatic heterocycles. The van der Waals surface area contributed by atoms with Gasteiger partial charge in [0, 0.05) is 18.4 Å². The molecule has 0 atom stereocenters. The first-order valence-corrected chi connectivity index (χ1v) is 6.28. The summed E-state index contributed by atoms with van der Waals surface area (Å²) in [5.74, 6) is 0.865. The van der Waals surface area contributed by atoms with E-state index < -0.39 is 0 Å². The smallest absolute Gasteiger partial charge is 0.207 e. The number of hydrogen-bond acceptors (Lipinski definition) is 2. The Labute approximate surface area is 104 Å². The van der Waals surface area contributed by atoms with E-state index in [1.165, 1.54) is 31.2 Å². The lowest BCUT2D eigenvalue weighted by atomic mass is 9.87. The summed E-state index contributed by atoms with van der Waals surface area (Å²) in [5, 5.41) is 2.82. The molecule has 0 unspecified atom stereocenters. The SMILES string of the molecule is CC1CCC(NC=O)CC1.Cc1cccnc1. The van der Waals surface area contributed by atoms with Crippen LogP contribution in [-0.2, 0) is 4.79 Å². The van der Waals surface area contributed by atoms with Crippen molar-refractivity contribution in [3.05, 3.63) is 30.1 Å². The van der Waals surface area contributed by atoms with Crippen LogP contribution in [0.3, 0.4) is 0 Å². The molecule has 2 rings (SSSR count). The predicted molar refractivity (Wildman–Crippen MR) is 69.6 cm³/mol. The molecule has 94 valence electrons. The molecule has 1 amide bonds. The molecule has 0 aromatic carbocycles. The van der Waals surface area contributed by atoms with Gasteiger partial charge in [-0.2, -0.15) is 0 Å². The number of nitrogens with zero attached hydrogens (tertiary/aromatic N) is 1. The van der Waals surface area contributed by atoms with Crippen LogP contribution in [0.25, 0.3) is 0 Å². The molecule has 1 aromatic heterocycles. The Morgan fingerprint density at radius 2 is 2.06 bits per heavy atom. The summed E-state index contributed by atoms with van der Waals surface area (Å²) < 4.78 is 0. The Morgan fingerprint density at radius 1 is 1.35 bits per heavy atom. The Kier molecular flexibility index (Phi) is 6.30. The summed E-state index contributed by atoms with van der Waals surface area (Å²) in [6, 6.07) is 4.41. The van der Waals surface area contributed by atoms with E-state index in [9.17, 15) is 4.79 Å². The normalized spacial score (nSPS) is 23.2. The zero-order valence-electron chi connectivity index (χ0n) is 10.7. The van der Waals surface area contributed by atoms with E-state index in [4.69, 9.17) is 0 Å². The van der Waals surface area contributed by atoms with Gasteiger partial charge in [0.05, 0.1) is 0 Å². The summed E-state index contributed by atoms with van der Waals surface area (Å²) in [6.07, 6.45) is 9.30. The van der Waals surface area contributed by atoms with Crippen LogP contribution in [0.15, 0.2) is 24.5 Å². The fraction of sp³-hybridized carbons (Fsp3) is 0.571. The highest BCUT2D eigenvalue weighted by molar-refractivity contribution is 5.46. The largest absolute Gasteiger partial charge is 0.356 e. The lowest BCUT2D eigenvalue weighted by Crippen LogP contribution is -2.31. The van der Waals surface area contributed by atoms with Gasteiger partial charge in [0.1, 0.15) is 0 Å². The molecular formula is C14H22N2O. The molecular weight excluding hydrogens is 212 g/mol. The standard InChI is InChI=1S/C8H15NO.C6H7N/c1-7-2-4-8(5-3-7)9-6-10;1-6-3-2-4-7-5-6/h6-8H,2-5H2,1H3,(H,9,10);2-5H,1H3. The Balaban J connectivity index is 0.000000181. The Bertz CT molecular complexity index is 305. The molecule has 17 heavy (non-hydrogen) atoms. The Morgan fingerprint density at radius 3 is 2.47 bits per heavy atom. The molecule has 0 bridgehead atoms. The number of rotatable bonds is 2. The third-order valence-corrected chi connectivity index (χ3v) is 3.13. The van der Waals surface area contributed by atoms with Crippen LogP contribution in [0.5, 0.6) is 0 Å². The number of hydrogen-bond donors (Lipinski definition) is 1. The predicted octanol–water partition coefficient (Wildman–Crippen LogP) is 2.70. The number of carbonyl (C=O) groups is 1. The van der Waals surface area contributed by atoms with Crippen LogP contribution in [0, 0.1) is 12.8 Å². The van der Waals surface area contributed by atoms with E-state index in [0.717, 1.165) is 12.3 Å². The number of amides is 1. The minimum absolute atomic E-state index is 0.466. The van der Waals surface area contributed by atoms with E-state index >= 15 is 0 Å². The average Bonchev–Trinajstić information content (AvgIpc) is 2.34. The summed E-state index contributed by atoms with van der Waals surface area (Å²) in [7, 11) is 0. The van der Waals surface area contributed by atoms with E-state index in [1.54, 1.807) is 6.20 Å². The molecule has 0 saturated heterocycles. The number of aromatic nitrogens is 1. The lowest BCUT2D eigenvalue weighted by molar-refractivity contribution is -0.110. The van der Waals surface area contributed by atoms with Gasteiger partial charge < -0.3 is 5.32 Å². The maximum atomic E-state index is 10.0. The molecule has 1 aliphatic rings. The van der Waals surface area contributed by atoms with Gasteiger partial charge in [0.25, 0.3) is 0 Å². The first-order chi connectivity index (χ1) is 8.22. The van der Waals surface area contributed by atoms with Crippen molar-refractivity contribution in [3.8, 4) is 0 Å². The first-order valence-electron chi connectivity index (χ1n) is 6.28. The summed E-state index contributed by atoms with van der Waals surface area (Å²) in [4.78, 5) is 13.9. The highest BCUT2D eigenvalue weighted by Gasteiger charge is 2.16. The molecule has 1 saturated carbocycles. The van der Waals surface area contributed by atoms with Crippen molar-refractivity contribution in [2.24, 2.45) is 5.92 Å². The molecule has 1 N–H and O–H groups in total. The van der Waals surface area contributed by atoms with Crippen molar-refractivity contribution in [2.45, 2.75) is 45.6 Å². The molecule has 1 heterocycles. The van der Waals surface area contributed by atoms with E-state index in [0.29, 0.717) is 6.04 Å². The quantitative estimate of drug-likeness (QED) is 0.799. The van der Waals surface area contributed by atoms with Gasteiger partial charge in [-0.05, 0) is 50.2 Å². The highest BCUT2D eigenvalue weighted by atomic mass is 16.1. The van der Waals surface area contributed by atoms with Crippen LogP contribution >= 0.6 is 0 Å². The van der Waals surface area contributed by atoms with Crippen LogP contribution in [-0.4, -0.2) is 17.4 Å². The van der Waals surface area contributed by atoms with Crippen LogP contribution in [0.1, 0.15) is 38.2 Å². The zero-order chi connectivity index (χ0) is 12.5. The van der Waals surface area contributed by atoms with Crippen molar-refractivity contribution >= 4 is 6.41 Å². The maximum Gasteiger partial charge on any atom is 0.207 e. The Hall–Kier alpha value is -1.38. The first kappa shape index (κ1) is 13.7. The highest BCUT2D eigenvalue weighted by Crippen LogP contribution is 2.22. The van der Waals surface area contributed by atoms with Gasteiger partial charge in [0.2, 0.25) is 6.41 Å². The monoisotopic (exact) mass is 234 g/mol. The molecule has 3 heteroatoms. The molecule has 3 nitrogen and oxygen atoms in total. The second kappa shape index (κ2) is 7.82. The minimum Gasteiger partial charge on any atom is -0.356 e. The maximum absolute atomic E-state index is 10.0. The van der Waals surface area contributed by atoms with Crippen molar-refractivity contribution < 1.29 is 4.79 Å². The third-order valence-electron chi connectivity index (χ3n) is 3.13. The summed E-state index contributed by atoms with van der Waals surface area (Å²) in [5.41, 5.74) is 1.21. The fourth-order valence-electron chi connectivity index (χ4n) is 1.97. The van der Waals surface area contributed by atoms with Crippen molar-refractivity contribution in [3.63, 3.8) is 0 Å². The third kappa shape index (κ3) is 6.05. The van der Waals surface area contributed by atoms with Crippen molar-refractivity contribution in [1.82, 2.24) is 10.3 Å². The van der Waals surface area contributed by atoms with Gasteiger partial charge in [-0.1, -0.05) is 13.0 Å². The second-order valence-corrected chi connectivity index (χ2v) is 4.77. The van der Waals surface area contributed by atoms with Crippen LogP contribution in [0.4, 0.5) is 0 Å². The van der Waals surface area contributed by atoms with Gasteiger partial charge in [-0.3, -0.25) is 9.78 Å². The number of nitrogens with one attached hydrogen (secondary N) is 1. The number of pyridine rings is 1. The topological polar surface area (TPSA) is 42.0 Å². The molecule has 0 spiro atoms. The lowest BCUT2D eigenvalue weighted by Gasteiger charge is -2.25. The number of aryl methyl sites for hydroxylation is 1.